The summed E-state index contributed by atoms with van der Waals surface area (Å²) in [5, 5.41) is 11.5. The summed E-state index contributed by atoms with van der Waals surface area (Å²) in [5.41, 5.74) is 2.34. The third-order valence-corrected chi connectivity index (χ3v) is 8.10. The van der Waals surface area contributed by atoms with Crippen molar-refractivity contribution in [3.63, 3.8) is 0 Å². The van der Waals surface area contributed by atoms with E-state index in [-0.39, 0.29) is 28.6 Å². The molecule has 5 rings (SSSR count). The van der Waals surface area contributed by atoms with Crippen LogP contribution in [0.3, 0.4) is 0 Å². The highest BCUT2D eigenvalue weighted by atomic mass is 35.5. The molecule has 3 aromatic carbocycles. The highest BCUT2D eigenvalue weighted by Gasteiger charge is 2.33. The topological polar surface area (TPSA) is 113 Å². The Labute approximate surface area is 253 Å². The number of fused-ring (bicyclic) bond motifs is 1. The number of hydrogen-bond donors (Lipinski definition) is 0. The van der Waals surface area contributed by atoms with Crippen LogP contribution in [0, 0.1) is 10.1 Å². The molecule has 0 amide bonds. The molecular weight excluding hydrogens is 601 g/mol. The Morgan fingerprint density at radius 2 is 1.86 bits per heavy atom. The number of aromatic nitrogens is 1. The molecule has 0 bridgehead atoms. The lowest BCUT2D eigenvalue weighted by Crippen LogP contribution is -2.40. The average molecular weight is 625 g/mol. The van der Waals surface area contributed by atoms with Crippen molar-refractivity contribution in [3.8, 4) is 5.75 Å². The predicted octanol–water partition coefficient (Wildman–Crippen LogP) is 5.59. The van der Waals surface area contributed by atoms with Gasteiger partial charge in [0.25, 0.3) is 11.2 Å². The lowest BCUT2D eigenvalue weighted by atomic mass is 9.95. The van der Waals surface area contributed by atoms with Gasteiger partial charge in [-0.1, -0.05) is 71.8 Å². The van der Waals surface area contributed by atoms with Crippen LogP contribution in [-0.4, -0.2) is 22.6 Å². The molecule has 0 saturated heterocycles. The van der Waals surface area contributed by atoms with E-state index in [1.807, 2.05) is 37.3 Å². The second-order valence-corrected chi connectivity index (χ2v) is 11.1. The summed E-state index contributed by atoms with van der Waals surface area (Å²) in [6.07, 6.45) is 2.09. The smallest absolute Gasteiger partial charge is 0.338 e. The number of esters is 1. The number of nitro groups is 1. The van der Waals surface area contributed by atoms with Gasteiger partial charge in [-0.25, -0.2) is 9.79 Å². The van der Waals surface area contributed by atoms with Crippen molar-refractivity contribution in [2.24, 2.45) is 4.99 Å². The number of ether oxygens (including phenoxy) is 2. The molecule has 214 valence electrons. The Hall–Kier alpha value is -4.25. The second kappa shape index (κ2) is 12.3. The van der Waals surface area contributed by atoms with Crippen molar-refractivity contribution in [2.75, 3.05) is 7.11 Å². The molecule has 1 aliphatic heterocycles. The van der Waals surface area contributed by atoms with Gasteiger partial charge in [-0.15, -0.1) is 0 Å². The van der Waals surface area contributed by atoms with Crippen molar-refractivity contribution >= 4 is 52.3 Å². The number of nitrogens with zero attached hydrogens (tertiary/aromatic N) is 3. The largest absolute Gasteiger partial charge is 0.487 e. The standard InChI is InChI=1S/C30H23Cl2N3O6S/c1-3-23-25(29(37)40-2)26(18-7-5-4-6-8-18)34-28(36)24(42-30(34)33-23)14-19-13-20(31)15-22(32)27(19)41-16-17-9-11-21(12-10-17)35(38)39/h4-15,26H,3,16H2,1-2H3/b24-14+/t26-/m1/s1. The van der Waals surface area contributed by atoms with E-state index in [1.165, 1.54) is 41.2 Å². The molecule has 1 aromatic heterocycles. The lowest BCUT2D eigenvalue weighted by Gasteiger charge is -2.25. The molecule has 0 saturated carbocycles. The van der Waals surface area contributed by atoms with Gasteiger partial charge >= 0.3 is 5.97 Å². The van der Waals surface area contributed by atoms with E-state index in [2.05, 4.69) is 4.99 Å². The minimum absolute atomic E-state index is 0.0327. The molecule has 1 atom stereocenters. The van der Waals surface area contributed by atoms with E-state index in [4.69, 9.17) is 32.7 Å². The third-order valence-electron chi connectivity index (χ3n) is 6.62. The first kappa shape index (κ1) is 29.2. The molecule has 0 aliphatic carbocycles. The van der Waals surface area contributed by atoms with Gasteiger partial charge in [0, 0.05) is 22.7 Å². The number of rotatable bonds is 8. The van der Waals surface area contributed by atoms with Crippen LogP contribution in [0.4, 0.5) is 5.69 Å². The molecule has 0 unspecified atom stereocenters. The number of carbonyl (C=O) groups excluding carboxylic acids is 1. The molecule has 9 nitrogen and oxygen atoms in total. The van der Waals surface area contributed by atoms with Crippen LogP contribution < -0.4 is 19.6 Å². The molecule has 0 N–H and O–H groups in total. The Balaban J connectivity index is 1.62. The first-order chi connectivity index (χ1) is 20.2. The zero-order chi connectivity index (χ0) is 30.0. The van der Waals surface area contributed by atoms with Crippen molar-refractivity contribution in [1.82, 2.24) is 4.57 Å². The molecule has 0 radical (unpaired) electrons. The summed E-state index contributed by atoms with van der Waals surface area (Å²) in [6.45, 7) is 1.96. The van der Waals surface area contributed by atoms with E-state index in [0.29, 0.717) is 43.2 Å². The third kappa shape index (κ3) is 5.74. The lowest BCUT2D eigenvalue weighted by molar-refractivity contribution is -0.384. The van der Waals surface area contributed by atoms with Gasteiger partial charge in [0.2, 0.25) is 0 Å². The number of allylic oxidation sites excluding steroid dienone is 1. The van der Waals surface area contributed by atoms with Gasteiger partial charge < -0.3 is 9.47 Å². The SMILES string of the molecule is CCC1=C(C(=O)OC)[C@@H](c2ccccc2)n2c(s/c(=C/c3cc(Cl)cc(Cl)c3OCc3ccc([N+](=O)[O-])cc3)c2=O)=N1. The van der Waals surface area contributed by atoms with Crippen molar-refractivity contribution in [2.45, 2.75) is 26.0 Å². The van der Waals surface area contributed by atoms with E-state index >= 15 is 0 Å². The number of carbonyl (C=O) groups is 1. The molecular formula is C30H23Cl2N3O6S. The maximum atomic E-state index is 13.9. The van der Waals surface area contributed by atoms with E-state index in [1.54, 1.807) is 24.3 Å². The number of hydrogen-bond acceptors (Lipinski definition) is 8. The van der Waals surface area contributed by atoms with Gasteiger partial charge in [0.1, 0.15) is 12.4 Å². The van der Waals surface area contributed by atoms with Crippen molar-refractivity contribution in [1.29, 1.82) is 0 Å². The molecule has 12 heteroatoms. The Morgan fingerprint density at radius 1 is 1.14 bits per heavy atom. The monoisotopic (exact) mass is 623 g/mol. The van der Waals surface area contributed by atoms with Crippen molar-refractivity contribution < 1.29 is 19.2 Å². The molecule has 2 heterocycles. The number of nitro benzene ring substituents is 1. The summed E-state index contributed by atoms with van der Waals surface area (Å²) in [4.78, 5) is 42.5. The van der Waals surface area contributed by atoms with E-state index in [9.17, 15) is 19.7 Å². The van der Waals surface area contributed by atoms with Crippen LogP contribution in [0.15, 0.2) is 87.8 Å². The molecule has 0 fully saturated rings. The van der Waals surface area contributed by atoms with Gasteiger partial charge in [-0.2, -0.15) is 0 Å². The van der Waals surface area contributed by atoms with Crippen LogP contribution >= 0.6 is 34.5 Å². The molecule has 4 aromatic rings. The Kier molecular flexibility index (Phi) is 8.58. The average Bonchev–Trinajstić information content (AvgIpc) is 3.30. The summed E-state index contributed by atoms with van der Waals surface area (Å²) in [5.74, 6) is -0.267. The maximum absolute atomic E-state index is 13.9. The predicted molar refractivity (Wildman–Crippen MR) is 161 cm³/mol. The Morgan fingerprint density at radius 3 is 2.50 bits per heavy atom. The Bertz CT molecular complexity index is 1900. The first-order valence-electron chi connectivity index (χ1n) is 12.7. The fourth-order valence-corrected chi connectivity index (χ4v) is 6.24. The number of halogens is 2. The number of methoxy groups -OCH3 is 1. The maximum Gasteiger partial charge on any atom is 0.338 e. The normalized spacial score (nSPS) is 14.8. The van der Waals surface area contributed by atoms with Crippen LogP contribution in [0.1, 0.15) is 36.1 Å². The summed E-state index contributed by atoms with van der Waals surface area (Å²) < 4.78 is 13.0. The van der Waals surface area contributed by atoms with Gasteiger partial charge in [-0.05, 0) is 47.9 Å². The minimum Gasteiger partial charge on any atom is -0.487 e. The van der Waals surface area contributed by atoms with Gasteiger partial charge in [0.15, 0.2) is 4.80 Å². The van der Waals surface area contributed by atoms with Gasteiger partial charge in [-0.3, -0.25) is 19.5 Å². The minimum atomic E-state index is -0.729. The number of thiazole rings is 1. The highest BCUT2D eigenvalue weighted by Crippen LogP contribution is 2.34. The van der Waals surface area contributed by atoms with Crippen LogP contribution in [0.2, 0.25) is 10.0 Å². The first-order valence-corrected chi connectivity index (χ1v) is 14.3. The molecule has 1 aliphatic rings. The zero-order valence-corrected chi connectivity index (χ0v) is 24.7. The number of benzene rings is 3. The second-order valence-electron chi connectivity index (χ2n) is 9.22. The van der Waals surface area contributed by atoms with Crippen LogP contribution in [0.5, 0.6) is 5.75 Å². The van der Waals surface area contributed by atoms with E-state index in [0.717, 1.165) is 5.56 Å². The van der Waals surface area contributed by atoms with E-state index < -0.39 is 16.9 Å². The molecule has 42 heavy (non-hydrogen) atoms. The fourth-order valence-electron chi connectivity index (χ4n) is 4.67. The summed E-state index contributed by atoms with van der Waals surface area (Å²) in [6, 6.07) is 17.6. The van der Waals surface area contributed by atoms with Crippen LogP contribution in [0.25, 0.3) is 6.08 Å². The summed E-state index contributed by atoms with van der Waals surface area (Å²) >= 11 is 14.0. The molecule has 0 spiro atoms. The highest BCUT2D eigenvalue weighted by molar-refractivity contribution is 7.07. The number of non-ortho nitro benzene ring substituents is 1. The van der Waals surface area contributed by atoms with Crippen molar-refractivity contribution in [3.05, 3.63) is 135 Å². The quantitative estimate of drug-likeness (QED) is 0.144. The van der Waals surface area contributed by atoms with Gasteiger partial charge in [0.05, 0.1) is 38.9 Å². The summed E-state index contributed by atoms with van der Waals surface area (Å²) in [7, 11) is 1.30. The fraction of sp³-hybridized carbons (Fsp3) is 0.167. The van der Waals surface area contributed by atoms with Crippen LogP contribution in [-0.2, 0) is 16.1 Å². The zero-order valence-electron chi connectivity index (χ0n) is 22.4.